The third kappa shape index (κ3) is 4.49. The number of pyridine rings is 1. The van der Waals surface area contributed by atoms with Gasteiger partial charge in [0.1, 0.15) is 10.9 Å². The van der Waals surface area contributed by atoms with Gasteiger partial charge in [-0.3, -0.25) is 0 Å². The molecule has 32 heavy (non-hydrogen) atoms. The molecular formula is C25H28N6S. The molecule has 0 unspecified atom stereocenters. The van der Waals surface area contributed by atoms with Crippen LogP contribution in [0.5, 0.6) is 0 Å². The van der Waals surface area contributed by atoms with Gasteiger partial charge in [0.2, 0.25) is 0 Å². The summed E-state index contributed by atoms with van der Waals surface area (Å²) in [5.41, 5.74) is 3.50. The summed E-state index contributed by atoms with van der Waals surface area (Å²) in [6.07, 6.45) is 7.08. The Bertz CT molecular complexity index is 1260. The highest BCUT2D eigenvalue weighted by molar-refractivity contribution is 7.18. The van der Waals surface area contributed by atoms with E-state index in [-0.39, 0.29) is 0 Å². The smallest absolute Gasteiger partial charge is 0.125 e. The Hall–Kier alpha value is -2.92. The van der Waals surface area contributed by atoms with Crippen molar-refractivity contribution in [3.63, 3.8) is 0 Å². The van der Waals surface area contributed by atoms with Crippen molar-refractivity contribution in [1.29, 1.82) is 5.26 Å². The van der Waals surface area contributed by atoms with Crippen molar-refractivity contribution in [1.82, 2.24) is 19.8 Å². The minimum absolute atomic E-state index is 0.575. The number of hydrogen-bond donors (Lipinski definition) is 2. The first-order valence-electron chi connectivity index (χ1n) is 11.3. The van der Waals surface area contributed by atoms with E-state index in [1.54, 1.807) is 17.5 Å². The van der Waals surface area contributed by atoms with E-state index in [1.165, 1.54) is 50.4 Å². The zero-order valence-corrected chi connectivity index (χ0v) is 19.2. The predicted molar refractivity (Wildman–Crippen MR) is 133 cm³/mol. The fourth-order valence-electron chi connectivity index (χ4n) is 4.36. The van der Waals surface area contributed by atoms with Crippen molar-refractivity contribution in [2.24, 2.45) is 0 Å². The van der Waals surface area contributed by atoms with E-state index in [2.05, 4.69) is 62.5 Å². The number of nitriles is 1. The van der Waals surface area contributed by atoms with Crippen molar-refractivity contribution >= 4 is 43.8 Å². The lowest BCUT2D eigenvalue weighted by molar-refractivity contribution is 0.152. The average Bonchev–Trinajstić information content (AvgIpc) is 3.44. The van der Waals surface area contributed by atoms with Crippen LogP contribution < -0.4 is 5.32 Å². The topological polar surface area (TPSA) is 71.0 Å². The predicted octanol–water partition coefficient (Wildman–Crippen LogP) is 4.96. The maximum atomic E-state index is 9.68. The number of anilines is 2. The largest absolute Gasteiger partial charge is 0.361 e. The summed E-state index contributed by atoms with van der Waals surface area (Å²) < 4.78 is 0. The van der Waals surface area contributed by atoms with Crippen LogP contribution in [0, 0.1) is 11.3 Å². The van der Waals surface area contributed by atoms with Gasteiger partial charge < -0.3 is 20.1 Å². The van der Waals surface area contributed by atoms with Crippen LogP contribution in [0.3, 0.4) is 0 Å². The van der Waals surface area contributed by atoms with Crippen LogP contribution in [-0.4, -0.2) is 59.5 Å². The Labute approximate surface area is 192 Å². The van der Waals surface area contributed by atoms with Crippen molar-refractivity contribution in [3.05, 3.63) is 53.2 Å². The number of likely N-dealkylation sites (N-methyl/N-ethyl adjacent to an activating group) is 1. The molecule has 0 bridgehead atoms. The normalized spacial score (nSPS) is 15.4. The number of thiophene rings is 1. The van der Waals surface area contributed by atoms with Crippen molar-refractivity contribution in [2.75, 3.05) is 45.1 Å². The van der Waals surface area contributed by atoms with E-state index in [9.17, 15) is 5.26 Å². The Morgan fingerprint density at radius 1 is 1.16 bits per heavy atom. The first kappa shape index (κ1) is 21.0. The molecule has 1 fully saturated rings. The molecule has 7 heteroatoms. The SMILES string of the molecule is CN1CCN(CCCCc2cc3c(Nc4ccc5[nH]ccc5c4)c(C#N)cnc3s2)CC1. The second-order valence-corrected chi connectivity index (χ2v) is 9.71. The van der Waals surface area contributed by atoms with Crippen LogP contribution in [0.2, 0.25) is 0 Å². The lowest BCUT2D eigenvalue weighted by Crippen LogP contribution is -2.44. The Balaban J connectivity index is 1.29. The molecule has 0 atom stereocenters. The van der Waals surface area contributed by atoms with Gasteiger partial charge in [-0.2, -0.15) is 5.26 Å². The van der Waals surface area contributed by atoms with E-state index in [0.29, 0.717) is 5.56 Å². The van der Waals surface area contributed by atoms with Gasteiger partial charge in [0.25, 0.3) is 0 Å². The van der Waals surface area contributed by atoms with Gasteiger partial charge in [-0.15, -0.1) is 11.3 Å². The number of fused-ring (bicyclic) bond motifs is 2. The summed E-state index contributed by atoms with van der Waals surface area (Å²) in [4.78, 5) is 15.1. The molecule has 0 aliphatic carbocycles. The zero-order valence-electron chi connectivity index (χ0n) is 18.4. The van der Waals surface area contributed by atoms with Crippen LogP contribution in [-0.2, 0) is 6.42 Å². The summed E-state index contributed by atoms with van der Waals surface area (Å²) in [6.45, 7) is 5.91. The van der Waals surface area contributed by atoms with Crippen molar-refractivity contribution < 1.29 is 0 Å². The molecule has 0 amide bonds. The third-order valence-corrected chi connectivity index (χ3v) is 7.40. The summed E-state index contributed by atoms with van der Waals surface area (Å²) in [5.74, 6) is 0. The lowest BCUT2D eigenvalue weighted by atomic mass is 10.1. The zero-order chi connectivity index (χ0) is 21.9. The van der Waals surface area contributed by atoms with E-state index >= 15 is 0 Å². The first-order valence-corrected chi connectivity index (χ1v) is 12.1. The molecule has 0 saturated carbocycles. The number of unbranched alkanes of at least 4 members (excludes halogenated alkanes) is 1. The van der Waals surface area contributed by atoms with Crippen LogP contribution >= 0.6 is 11.3 Å². The second kappa shape index (κ2) is 9.29. The van der Waals surface area contributed by atoms with Crippen molar-refractivity contribution in [3.8, 4) is 6.07 Å². The average molecular weight is 445 g/mol. The van der Waals surface area contributed by atoms with Gasteiger partial charge in [0.15, 0.2) is 0 Å². The number of benzene rings is 1. The van der Waals surface area contributed by atoms with Crippen LogP contribution in [0.1, 0.15) is 23.3 Å². The maximum Gasteiger partial charge on any atom is 0.125 e. The Morgan fingerprint density at radius 2 is 2.03 bits per heavy atom. The molecule has 4 heterocycles. The van der Waals surface area contributed by atoms with Gasteiger partial charge in [-0.1, -0.05) is 0 Å². The molecule has 1 saturated heterocycles. The lowest BCUT2D eigenvalue weighted by Gasteiger charge is -2.32. The summed E-state index contributed by atoms with van der Waals surface area (Å²) in [5, 5.41) is 15.4. The molecule has 6 nitrogen and oxygen atoms in total. The van der Waals surface area contributed by atoms with Gasteiger partial charge in [-0.25, -0.2) is 4.98 Å². The number of aromatic amines is 1. The molecule has 4 aromatic rings. The molecule has 3 aromatic heterocycles. The molecule has 1 aliphatic rings. The van der Waals surface area contributed by atoms with E-state index in [1.807, 2.05) is 12.3 Å². The molecule has 1 aromatic carbocycles. The number of H-pyrrole nitrogens is 1. The Morgan fingerprint density at radius 3 is 2.88 bits per heavy atom. The monoisotopic (exact) mass is 444 g/mol. The highest BCUT2D eigenvalue weighted by Gasteiger charge is 2.15. The number of nitrogens with zero attached hydrogens (tertiary/aromatic N) is 4. The second-order valence-electron chi connectivity index (χ2n) is 8.60. The van der Waals surface area contributed by atoms with Crippen LogP contribution in [0.25, 0.3) is 21.1 Å². The van der Waals surface area contributed by atoms with Gasteiger partial charge in [-0.05, 0) is 63.2 Å². The number of hydrogen-bond acceptors (Lipinski definition) is 6. The molecule has 5 rings (SSSR count). The molecule has 2 N–H and O–H groups in total. The number of rotatable bonds is 7. The van der Waals surface area contributed by atoms with Crippen LogP contribution in [0.15, 0.2) is 42.7 Å². The number of aromatic nitrogens is 2. The summed E-state index contributed by atoms with van der Waals surface area (Å²) in [6, 6.07) is 12.8. The van der Waals surface area contributed by atoms with Gasteiger partial charge >= 0.3 is 0 Å². The van der Waals surface area contributed by atoms with E-state index < -0.39 is 0 Å². The maximum absolute atomic E-state index is 9.68. The fraction of sp³-hybridized carbons (Fsp3) is 0.360. The highest BCUT2D eigenvalue weighted by atomic mass is 32.1. The summed E-state index contributed by atoms with van der Waals surface area (Å²) in [7, 11) is 2.20. The highest BCUT2D eigenvalue weighted by Crippen LogP contribution is 2.35. The minimum atomic E-state index is 0.575. The molecular weight excluding hydrogens is 416 g/mol. The van der Waals surface area contributed by atoms with E-state index in [4.69, 9.17) is 0 Å². The minimum Gasteiger partial charge on any atom is -0.361 e. The van der Waals surface area contributed by atoms with Crippen molar-refractivity contribution in [2.45, 2.75) is 19.3 Å². The quantitative estimate of drug-likeness (QED) is 0.394. The standard InChI is InChI=1S/C25H28N6S/c1-30-10-12-31(13-11-30)9-3-2-4-21-15-22-24(19(16-26)17-28-25(22)32-21)29-20-5-6-23-18(14-20)7-8-27-23/h5-8,14-15,17,27H,2-4,9-13H2,1H3,(H,28,29). The van der Waals surface area contributed by atoms with Gasteiger partial charge in [0.05, 0.1) is 11.3 Å². The van der Waals surface area contributed by atoms with E-state index in [0.717, 1.165) is 38.9 Å². The molecule has 0 spiro atoms. The summed E-state index contributed by atoms with van der Waals surface area (Å²) >= 11 is 1.75. The number of nitrogens with one attached hydrogen (secondary N) is 2. The fourth-order valence-corrected chi connectivity index (χ4v) is 5.41. The number of aryl methyl sites for hydroxylation is 1. The van der Waals surface area contributed by atoms with Crippen LogP contribution in [0.4, 0.5) is 11.4 Å². The Kier molecular flexibility index (Phi) is 6.08. The molecule has 0 radical (unpaired) electrons. The third-order valence-electron chi connectivity index (χ3n) is 6.30. The van der Waals surface area contributed by atoms with Gasteiger partial charge in [0, 0.05) is 65.4 Å². The number of piperazine rings is 1. The first-order chi connectivity index (χ1) is 15.7. The molecule has 1 aliphatic heterocycles. The molecule has 164 valence electrons.